The molecule has 0 saturated heterocycles. The molecule has 2 rings (SSSR count). The second-order valence-electron chi connectivity index (χ2n) is 6.01. The van der Waals surface area contributed by atoms with Crippen LogP contribution in [-0.4, -0.2) is 17.6 Å². The first-order chi connectivity index (χ1) is 9.78. The van der Waals surface area contributed by atoms with Crippen LogP contribution in [-0.2, 0) is 6.42 Å². The van der Waals surface area contributed by atoms with Gasteiger partial charge in [0, 0.05) is 28.8 Å². The number of nitrogens with zero attached hydrogens (tertiary/aromatic N) is 1. The van der Waals surface area contributed by atoms with E-state index in [1.165, 1.54) is 50.6 Å². The first-order valence-corrected chi connectivity index (χ1v) is 8.91. The number of hydrogen-bond acceptors (Lipinski definition) is 2. The van der Waals surface area contributed by atoms with Crippen molar-refractivity contribution in [2.24, 2.45) is 5.92 Å². The lowest BCUT2D eigenvalue weighted by Gasteiger charge is -2.24. The van der Waals surface area contributed by atoms with Gasteiger partial charge in [-0.25, -0.2) is 0 Å². The van der Waals surface area contributed by atoms with E-state index in [9.17, 15) is 0 Å². The molecule has 2 nitrogen and oxygen atoms in total. The lowest BCUT2D eigenvalue weighted by atomic mass is 9.85. The minimum absolute atomic E-state index is 0.579. The minimum atomic E-state index is 0.579. The minimum Gasteiger partial charge on any atom is -0.314 e. The van der Waals surface area contributed by atoms with Crippen molar-refractivity contribution in [2.75, 3.05) is 6.54 Å². The number of rotatable bonds is 7. The second kappa shape index (κ2) is 8.78. The van der Waals surface area contributed by atoms with Crippen LogP contribution in [0.15, 0.2) is 22.8 Å². The first kappa shape index (κ1) is 16.0. The van der Waals surface area contributed by atoms with Crippen LogP contribution in [0.5, 0.6) is 0 Å². The van der Waals surface area contributed by atoms with Gasteiger partial charge in [0.15, 0.2) is 0 Å². The van der Waals surface area contributed by atoms with Gasteiger partial charge in [0.2, 0.25) is 0 Å². The monoisotopic (exact) mass is 338 g/mol. The molecule has 1 atom stereocenters. The maximum Gasteiger partial charge on any atom is 0.0419 e. The number of halogens is 1. The lowest BCUT2D eigenvalue weighted by molar-refractivity contribution is 0.313. The normalized spacial score (nSPS) is 18.1. The van der Waals surface area contributed by atoms with Gasteiger partial charge in [0.05, 0.1) is 0 Å². The molecule has 3 heteroatoms. The predicted molar refractivity (Wildman–Crippen MR) is 88.9 cm³/mol. The average molecular weight is 339 g/mol. The Labute approximate surface area is 131 Å². The van der Waals surface area contributed by atoms with Gasteiger partial charge >= 0.3 is 0 Å². The Morgan fingerprint density at radius 1 is 1.30 bits per heavy atom. The summed E-state index contributed by atoms with van der Waals surface area (Å²) in [5.41, 5.74) is 1.20. The average Bonchev–Trinajstić information content (AvgIpc) is 2.48. The quantitative estimate of drug-likeness (QED) is 0.777. The topological polar surface area (TPSA) is 24.9 Å². The zero-order valence-electron chi connectivity index (χ0n) is 12.6. The molecule has 1 fully saturated rings. The summed E-state index contributed by atoms with van der Waals surface area (Å²) >= 11 is 3.45. The molecule has 0 amide bonds. The predicted octanol–water partition coefficient (Wildman–Crippen LogP) is 4.73. The summed E-state index contributed by atoms with van der Waals surface area (Å²) in [4.78, 5) is 4.51. The summed E-state index contributed by atoms with van der Waals surface area (Å²) in [6.07, 6.45) is 12.9. The molecular formula is C17H27BrN2. The molecule has 0 radical (unpaired) electrons. The molecule has 20 heavy (non-hydrogen) atoms. The maximum absolute atomic E-state index is 4.51. The van der Waals surface area contributed by atoms with Gasteiger partial charge in [-0.1, -0.05) is 39.0 Å². The number of pyridine rings is 1. The van der Waals surface area contributed by atoms with Crippen molar-refractivity contribution in [2.45, 2.75) is 64.3 Å². The largest absolute Gasteiger partial charge is 0.314 e. The lowest BCUT2D eigenvalue weighted by Crippen LogP contribution is -2.32. The third-order valence-electron chi connectivity index (χ3n) is 4.39. The molecule has 1 aromatic rings. The molecule has 0 aromatic carbocycles. The van der Waals surface area contributed by atoms with Crippen molar-refractivity contribution in [1.29, 1.82) is 0 Å². The van der Waals surface area contributed by atoms with E-state index < -0.39 is 0 Å². The molecule has 0 bridgehead atoms. The van der Waals surface area contributed by atoms with E-state index in [-0.39, 0.29) is 0 Å². The Balaban J connectivity index is 1.81. The van der Waals surface area contributed by atoms with Gasteiger partial charge in [0.1, 0.15) is 0 Å². The number of nitrogens with one attached hydrogen (secondary N) is 1. The number of hydrogen-bond donors (Lipinski definition) is 1. The molecule has 1 aliphatic carbocycles. The highest BCUT2D eigenvalue weighted by atomic mass is 79.9. The summed E-state index contributed by atoms with van der Waals surface area (Å²) in [5, 5.41) is 3.63. The van der Waals surface area contributed by atoms with Crippen molar-refractivity contribution < 1.29 is 0 Å². The Kier molecular flexibility index (Phi) is 7.01. The van der Waals surface area contributed by atoms with E-state index in [0.717, 1.165) is 23.4 Å². The molecule has 1 unspecified atom stereocenters. The van der Waals surface area contributed by atoms with Crippen LogP contribution in [0.4, 0.5) is 0 Å². The smallest absolute Gasteiger partial charge is 0.0419 e. The van der Waals surface area contributed by atoms with Crippen LogP contribution in [0.25, 0.3) is 0 Å². The van der Waals surface area contributed by atoms with E-state index in [1.54, 1.807) is 0 Å². The molecule has 112 valence electrons. The third-order valence-corrected chi connectivity index (χ3v) is 4.85. The zero-order chi connectivity index (χ0) is 14.2. The van der Waals surface area contributed by atoms with Crippen LogP contribution in [0, 0.1) is 5.92 Å². The van der Waals surface area contributed by atoms with E-state index >= 15 is 0 Å². The third kappa shape index (κ3) is 5.53. The summed E-state index contributed by atoms with van der Waals surface area (Å²) < 4.78 is 1.06. The Morgan fingerprint density at radius 3 is 2.75 bits per heavy atom. The molecule has 1 aliphatic rings. The molecule has 1 saturated carbocycles. The van der Waals surface area contributed by atoms with E-state index in [2.05, 4.69) is 45.3 Å². The molecule has 1 N–H and O–H groups in total. The number of aromatic nitrogens is 1. The summed E-state index contributed by atoms with van der Waals surface area (Å²) in [7, 11) is 0. The zero-order valence-corrected chi connectivity index (χ0v) is 14.2. The van der Waals surface area contributed by atoms with Gasteiger partial charge in [-0.05, 0) is 53.4 Å². The Morgan fingerprint density at radius 2 is 2.10 bits per heavy atom. The SMILES string of the molecule is CCNC(CCC1CCCCC1)Cc1ccc(Br)cn1. The van der Waals surface area contributed by atoms with Crippen LogP contribution < -0.4 is 5.32 Å². The summed E-state index contributed by atoms with van der Waals surface area (Å²) in [6.45, 7) is 3.24. The summed E-state index contributed by atoms with van der Waals surface area (Å²) in [6, 6.07) is 4.80. The fourth-order valence-electron chi connectivity index (χ4n) is 3.26. The fraction of sp³-hybridized carbons (Fsp3) is 0.706. The maximum atomic E-state index is 4.51. The van der Waals surface area contributed by atoms with Crippen LogP contribution in [0.3, 0.4) is 0 Å². The van der Waals surface area contributed by atoms with Gasteiger partial charge in [-0.15, -0.1) is 0 Å². The Bertz CT molecular complexity index is 371. The molecule has 0 spiro atoms. The van der Waals surface area contributed by atoms with E-state index in [1.807, 2.05) is 6.20 Å². The van der Waals surface area contributed by atoms with Gasteiger partial charge in [-0.3, -0.25) is 4.98 Å². The molecule has 1 aromatic heterocycles. The van der Waals surface area contributed by atoms with Gasteiger partial charge in [-0.2, -0.15) is 0 Å². The van der Waals surface area contributed by atoms with E-state index in [0.29, 0.717) is 6.04 Å². The molecule has 0 aliphatic heterocycles. The standard InChI is InChI=1S/C17H27BrN2/c1-2-19-16(10-8-14-6-4-3-5-7-14)12-17-11-9-15(18)13-20-17/h9,11,13-14,16,19H,2-8,10,12H2,1H3. The highest BCUT2D eigenvalue weighted by molar-refractivity contribution is 9.10. The highest BCUT2D eigenvalue weighted by Crippen LogP contribution is 2.28. The van der Waals surface area contributed by atoms with Crippen molar-refractivity contribution in [3.63, 3.8) is 0 Å². The summed E-state index contributed by atoms with van der Waals surface area (Å²) in [5.74, 6) is 0.975. The fourth-order valence-corrected chi connectivity index (χ4v) is 3.49. The Hall–Kier alpha value is -0.410. The second-order valence-corrected chi connectivity index (χ2v) is 6.92. The van der Waals surface area contributed by atoms with Crippen molar-refractivity contribution >= 4 is 15.9 Å². The molecule has 1 heterocycles. The van der Waals surface area contributed by atoms with Gasteiger partial charge < -0.3 is 5.32 Å². The van der Waals surface area contributed by atoms with Gasteiger partial charge in [0.25, 0.3) is 0 Å². The van der Waals surface area contributed by atoms with Crippen molar-refractivity contribution in [1.82, 2.24) is 10.3 Å². The molecular weight excluding hydrogens is 312 g/mol. The van der Waals surface area contributed by atoms with Crippen molar-refractivity contribution in [3.05, 3.63) is 28.5 Å². The van der Waals surface area contributed by atoms with E-state index in [4.69, 9.17) is 0 Å². The van der Waals surface area contributed by atoms with Crippen LogP contribution >= 0.6 is 15.9 Å². The first-order valence-electron chi connectivity index (χ1n) is 8.11. The van der Waals surface area contributed by atoms with Crippen molar-refractivity contribution in [3.8, 4) is 0 Å². The van der Waals surface area contributed by atoms with Crippen LogP contribution in [0.1, 0.15) is 57.6 Å². The van der Waals surface area contributed by atoms with Crippen LogP contribution in [0.2, 0.25) is 0 Å². The number of likely N-dealkylation sites (N-methyl/N-ethyl adjacent to an activating group) is 1. The highest BCUT2D eigenvalue weighted by Gasteiger charge is 2.16.